The molecule has 7 rings (SSSR count). The Morgan fingerprint density at radius 3 is 2.61 bits per heavy atom. The third-order valence-corrected chi connectivity index (χ3v) is 14.2. The molecule has 0 radical (unpaired) electrons. The van der Waals surface area contributed by atoms with Gasteiger partial charge in [0.05, 0.1) is 34.8 Å². The van der Waals surface area contributed by atoms with Crippen LogP contribution in [0.25, 0.3) is 33.4 Å². The van der Waals surface area contributed by atoms with Gasteiger partial charge in [0, 0.05) is 85.2 Å². The highest BCUT2D eigenvalue weighted by molar-refractivity contribution is 7.10. The average molecular weight is 923 g/mol. The van der Waals surface area contributed by atoms with Crippen molar-refractivity contribution in [2.75, 3.05) is 46.9 Å². The molecule has 0 aliphatic carbocycles. The van der Waals surface area contributed by atoms with E-state index in [1.54, 1.807) is 25.3 Å². The highest BCUT2D eigenvalue weighted by Crippen LogP contribution is 2.42. The third-order valence-electron chi connectivity index (χ3n) is 13.3. The number of pyridine rings is 1. The number of hydrogen-bond acceptors (Lipinski definition) is 12. The highest BCUT2D eigenvalue weighted by Gasteiger charge is 2.39. The van der Waals surface area contributed by atoms with Crippen LogP contribution in [0.15, 0.2) is 54.1 Å². The number of nitrogens with zero attached hydrogens (tertiary/aromatic N) is 6. The topological polar surface area (TPSA) is 168 Å². The minimum atomic E-state index is -1.05. The number of amides is 3. The van der Waals surface area contributed by atoms with Crippen LogP contribution in [0.4, 0.5) is 0 Å². The van der Waals surface area contributed by atoms with Crippen LogP contribution in [-0.4, -0.2) is 124 Å². The van der Waals surface area contributed by atoms with Crippen LogP contribution in [0.5, 0.6) is 0 Å². The summed E-state index contributed by atoms with van der Waals surface area (Å²) in [6.45, 7) is 15.3. The first-order valence-electron chi connectivity index (χ1n) is 23.4. The fourth-order valence-electron chi connectivity index (χ4n) is 9.80. The van der Waals surface area contributed by atoms with Gasteiger partial charge in [-0.25, -0.2) is 10.4 Å². The second-order valence-electron chi connectivity index (χ2n) is 19.0. The molecule has 66 heavy (non-hydrogen) atoms. The Hall–Kier alpha value is -5.29. The predicted molar refractivity (Wildman–Crippen MR) is 255 cm³/mol. The van der Waals surface area contributed by atoms with Crippen molar-refractivity contribution in [1.29, 1.82) is 0 Å². The van der Waals surface area contributed by atoms with E-state index in [1.165, 1.54) is 22.4 Å². The number of esters is 1. The lowest BCUT2D eigenvalue weighted by molar-refractivity contribution is -0.155. The van der Waals surface area contributed by atoms with E-state index in [0.717, 1.165) is 51.0 Å². The molecule has 6 bridgehead atoms. The summed E-state index contributed by atoms with van der Waals surface area (Å²) in [7, 11) is 3.36. The molecule has 2 saturated heterocycles. The number of aryl methyl sites for hydroxylation is 1. The fraction of sp³-hybridized carbons (Fsp3) is 0.540. The largest absolute Gasteiger partial charge is 0.464 e. The number of aldehydes is 1. The van der Waals surface area contributed by atoms with Crippen molar-refractivity contribution in [3.63, 3.8) is 0 Å². The quantitative estimate of drug-likeness (QED) is 0.0950. The van der Waals surface area contributed by atoms with Gasteiger partial charge >= 0.3 is 5.97 Å². The van der Waals surface area contributed by atoms with E-state index in [-0.39, 0.29) is 36.9 Å². The number of ether oxygens (including phenoxy) is 2. The van der Waals surface area contributed by atoms with E-state index >= 15 is 0 Å². The van der Waals surface area contributed by atoms with Crippen molar-refractivity contribution in [2.45, 2.75) is 111 Å². The summed E-state index contributed by atoms with van der Waals surface area (Å²) in [5, 5.41) is 8.20. The number of hydrogen-bond donors (Lipinski definition) is 2. The molecule has 2 N–H and O–H groups in total. The summed E-state index contributed by atoms with van der Waals surface area (Å²) >= 11 is 1.42. The molecule has 2 fully saturated rings. The van der Waals surface area contributed by atoms with Gasteiger partial charge in [-0.1, -0.05) is 39.8 Å². The first kappa shape index (κ1) is 48.6. The zero-order valence-corrected chi connectivity index (χ0v) is 40.5. The molecule has 0 spiro atoms. The summed E-state index contributed by atoms with van der Waals surface area (Å²) < 4.78 is 14.3. The van der Waals surface area contributed by atoms with Crippen molar-refractivity contribution in [3.8, 4) is 22.5 Å². The molecule has 6 heterocycles. The van der Waals surface area contributed by atoms with Crippen molar-refractivity contribution in [3.05, 3.63) is 70.3 Å². The Morgan fingerprint density at radius 1 is 1.12 bits per heavy atom. The number of aromatic nitrogens is 3. The number of hydrazine groups is 1. The zero-order valence-electron chi connectivity index (χ0n) is 39.7. The van der Waals surface area contributed by atoms with E-state index in [0.29, 0.717) is 69.8 Å². The van der Waals surface area contributed by atoms with Gasteiger partial charge in [0.25, 0.3) is 5.91 Å². The number of cyclic esters (lactones) is 1. The van der Waals surface area contributed by atoms with E-state index < -0.39 is 41.3 Å². The van der Waals surface area contributed by atoms with Gasteiger partial charge in [-0.05, 0) is 101 Å². The molecule has 4 aromatic rings. The SMILES string of the molecule is CCn1c(-c2cccnc2C(C)OC)c2c3cc(ccc31)-c1csc(n1)CC(NC(=O)C(C(C)C)N(C)C(=O)C1CCN(C/C=C/C=O)CC1)C(=O)N1CCCC(N1)C(=O)OCC(C)(C)C2. The smallest absolute Gasteiger partial charge is 0.324 e. The lowest BCUT2D eigenvalue weighted by Gasteiger charge is -2.38. The normalized spacial score (nSPS) is 20.8. The fourth-order valence-corrected chi connectivity index (χ4v) is 10.7. The van der Waals surface area contributed by atoms with Crippen LogP contribution >= 0.6 is 11.3 Å². The third kappa shape index (κ3) is 10.6. The number of carbonyl (C=O) groups excluding carboxylic acids is 5. The maximum atomic E-state index is 14.6. The lowest BCUT2D eigenvalue weighted by atomic mass is 9.84. The Bertz CT molecular complexity index is 2430. The molecule has 1 aromatic carbocycles. The molecule has 4 unspecified atom stereocenters. The number of rotatable bonds is 12. The minimum Gasteiger partial charge on any atom is -0.464 e. The number of fused-ring (bicyclic) bond motifs is 6. The van der Waals surface area contributed by atoms with Crippen LogP contribution in [0.1, 0.15) is 89.6 Å². The number of allylic oxidation sites excluding steroid dienone is 1. The van der Waals surface area contributed by atoms with Crippen LogP contribution < -0.4 is 10.7 Å². The Morgan fingerprint density at radius 2 is 1.89 bits per heavy atom. The standard InChI is InChI=1S/C50H66N8O7S/c1-9-57-41-17-16-34-26-36(41)37(45(57)35-14-12-20-51-43(35)32(4)64-8)28-50(5,6)30-65-49(63)38-15-13-22-58(54-38)48(62)39(27-42-52-40(34)29-66-42)53-46(60)44(31(2)3)55(7)47(61)33-18-23-56(24-19-33)21-10-11-25-59/h10-12,14,16-17,20,25-26,29,31-33,38-39,44,54H,9,13,15,18-19,21-24,27-28,30H2,1-8H3,(H,53,60)/b11-10+. The molecule has 3 aliphatic rings. The summed E-state index contributed by atoms with van der Waals surface area (Å²) in [4.78, 5) is 81.4. The minimum absolute atomic E-state index is 0.0987. The first-order chi connectivity index (χ1) is 31.6. The predicted octanol–water partition coefficient (Wildman–Crippen LogP) is 6.15. The molecule has 4 atom stereocenters. The molecular weight excluding hydrogens is 857 g/mol. The number of methoxy groups -OCH3 is 1. The number of likely N-dealkylation sites (tertiary alicyclic amines) is 1. The number of nitrogens with one attached hydrogen (secondary N) is 2. The Kier molecular flexibility index (Phi) is 15.6. The van der Waals surface area contributed by atoms with Crippen LogP contribution in [0.3, 0.4) is 0 Å². The number of piperidine rings is 1. The van der Waals surface area contributed by atoms with Crippen molar-refractivity contribution in [1.82, 2.24) is 40.1 Å². The van der Waals surface area contributed by atoms with Gasteiger partial charge in [0.15, 0.2) is 0 Å². The molecule has 0 saturated carbocycles. The second-order valence-corrected chi connectivity index (χ2v) is 20.0. The van der Waals surface area contributed by atoms with Crippen LogP contribution in [-0.2, 0) is 52.8 Å². The summed E-state index contributed by atoms with van der Waals surface area (Å²) in [6.07, 6.45) is 8.58. The summed E-state index contributed by atoms with van der Waals surface area (Å²) in [5.41, 5.74) is 9.34. The second kappa shape index (κ2) is 21.1. The first-order valence-corrected chi connectivity index (χ1v) is 24.2. The van der Waals surface area contributed by atoms with Gasteiger partial charge in [-0.3, -0.25) is 38.9 Å². The van der Waals surface area contributed by atoms with Crippen LogP contribution in [0.2, 0.25) is 0 Å². The number of likely N-dealkylation sites (N-methyl/N-ethyl adjacent to an activating group) is 1. The van der Waals surface area contributed by atoms with Gasteiger partial charge in [0.1, 0.15) is 24.4 Å². The molecule has 16 heteroatoms. The summed E-state index contributed by atoms with van der Waals surface area (Å²) in [5.74, 6) is -1.91. The van der Waals surface area contributed by atoms with Gasteiger partial charge in [-0.2, -0.15) is 0 Å². The molecule has 3 aliphatic heterocycles. The number of thiazole rings is 1. The van der Waals surface area contributed by atoms with Gasteiger partial charge in [0.2, 0.25) is 11.8 Å². The van der Waals surface area contributed by atoms with Crippen LogP contribution in [0, 0.1) is 17.3 Å². The monoisotopic (exact) mass is 922 g/mol. The lowest BCUT2D eigenvalue weighted by Crippen LogP contribution is -2.62. The van der Waals surface area contributed by atoms with Gasteiger partial charge in [-0.15, -0.1) is 11.3 Å². The van der Waals surface area contributed by atoms with Crippen molar-refractivity contribution < 1.29 is 33.4 Å². The number of carbonyl (C=O) groups is 5. The Balaban J connectivity index is 1.23. The maximum Gasteiger partial charge on any atom is 0.324 e. The zero-order chi connectivity index (χ0) is 47.3. The van der Waals surface area contributed by atoms with E-state index in [4.69, 9.17) is 19.4 Å². The molecular formula is C50H66N8O7S. The van der Waals surface area contributed by atoms with E-state index in [2.05, 4.69) is 65.2 Å². The maximum absolute atomic E-state index is 14.6. The Labute approximate surface area is 392 Å². The summed E-state index contributed by atoms with van der Waals surface area (Å²) in [6, 6.07) is 7.77. The molecule has 3 amide bonds. The average Bonchev–Trinajstić information content (AvgIpc) is 3.91. The highest BCUT2D eigenvalue weighted by atomic mass is 32.1. The van der Waals surface area contributed by atoms with Gasteiger partial charge < -0.3 is 24.3 Å². The van der Waals surface area contributed by atoms with Crippen molar-refractivity contribution >= 4 is 52.2 Å². The molecule has 354 valence electrons. The number of benzene rings is 1. The molecule has 3 aromatic heterocycles. The van der Waals surface area contributed by atoms with Crippen molar-refractivity contribution in [2.24, 2.45) is 17.3 Å². The molecule has 15 nitrogen and oxygen atoms in total. The van der Waals surface area contributed by atoms with E-state index in [9.17, 15) is 24.0 Å². The van der Waals surface area contributed by atoms with E-state index in [1.807, 2.05) is 38.3 Å².